The lowest BCUT2D eigenvalue weighted by Gasteiger charge is -2.41. The first-order valence-corrected chi connectivity index (χ1v) is 32.1. The highest BCUT2D eigenvalue weighted by atomic mass is 31.2. The van der Waals surface area contributed by atoms with Gasteiger partial charge in [-0.2, -0.15) is 0 Å². The van der Waals surface area contributed by atoms with Gasteiger partial charge in [0.05, 0.1) is 18.8 Å². The van der Waals surface area contributed by atoms with Gasteiger partial charge in [-0.25, -0.2) is 4.57 Å². The van der Waals surface area contributed by atoms with Crippen molar-refractivity contribution in [3.8, 4) is 0 Å². The highest BCUT2D eigenvalue weighted by Crippen LogP contribution is 2.47. The van der Waals surface area contributed by atoms with Crippen LogP contribution in [0.25, 0.3) is 0 Å². The highest BCUT2D eigenvalue weighted by Gasteiger charge is 2.51. The molecule has 0 bridgehead atoms. The van der Waals surface area contributed by atoms with Gasteiger partial charge in [0, 0.05) is 6.42 Å². The summed E-state index contributed by atoms with van der Waals surface area (Å²) in [7, 11) is -5.08. The third kappa shape index (κ3) is 38.6. The molecule has 0 aliphatic heterocycles. The van der Waals surface area contributed by atoms with Crippen LogP contribution in [0.2, 0.25) is 0 Å². The monoisotopic (exact) mass is 1050 g/mol. The molecular formula is C59H116NO11P. The van der Waals surface area contributed by atoms with Gasteiger partial charge in [-0.3, -0.25) is 13.8 Å². The fraction of sp³-hybridized carbons (Fsp3) is 0.949. The van der Waals surface area contributed by atoms with Gasteiger partial charge in [0.1, 0.15) is 36.6 Å². The maximum absolute atomic E-state index is 13.0. The van der Waals surface area contributed by atoms with E-state index in [2.05, 4.69) is 19.2 Å². The molecule has 0 aromatic carbocycles. The van der Waals surface area contributed by atoms with E-state index >= 15 is 0 Å². The minimum absolute atomic E-state index is 0.219. The maximum Gasteiger partial charge on any atom is 0.472 e. The van der Waals surface area contributed by atoms with Gasteiger partial charge in [0.15, 0.2) is 0 Å². The van der Waals surface area contributed by atoms with E-state index < -0.39 is 63.2 Å². The minimum Gasteiger partial charge on any atom is -0.387 e. The van der Waals surface area contributed by atoms with E-state index in [-0.39, 0.29) is 12.3 Å². The number of allylic oxidation sites excluding steroid dienone is 1. The Morgan fingerprint density at radius 1 is 0.458 bits per heavy atom. The van der Waals surface area contributed by atoms with E-state index in [9.17, 15) is 44.9 Å². The smallest absolute Gasteiger partial charge is 0.387 e. The van der Waals surface area contributed by atoms with Crippen LogP contribution in [0.5, 0.6) is 0 Å². The minimum atomic E-state index is -5.08. The van der Waals surface area contributed by atoms with E-state index in [0.717, 1.165) is 44.9 Å². The first-order chi connectivity index (χ1) is 34.9. The summed E-state index contributed by atoms with van der Waals surface area (Å²) in [5.74, 6) is -0.334. The fourth-order valence-electron chi connectivity index (χ4n) is 10.1. The van der Waals surface area contributed by atoms with Crippen LogP contribution in [-0.2, 0) is 18.4 Å². The molecule has 0 spiro atoms. The van der Waals surface area contributed by atoms with Crippen LogP contribution in [-0.4, -0.2) is 96.8 Å². The molecule has 1 fully saturated rings. The highest BCUT2D eigenvalue weighted by molar-refractivity contribution is 7.47. The molecule has 0 radical (unpaired) electrons. The van der Waals surface area contributed by atoms with Gasteiger partial charge in [0.25, 0.3) is 0 Å². The summed E-state index contributed by atoms with van der Waals surface area (Å²) in [5.41, 5.74) is 0. The zero-order chi connectivity index (χ0) is 52.8. The van der Waals surface area contributed by atoms with Crippen LogP contribution in [0, 0.1) is 0 Å². The van der Waals surface area contributed by atoms with Gasteiger partial charge < -0.3 is 40.8 Å². The molecule has 8 N–H and O–H groups in total. The first kappa shape index (κ1) is 69.1. The van der Waals surface area contributed by atoms with Crippen molar-refractivity contribution >= 4 is 13.7 Å². The van der Waals surface area contributed by atoms with E-state index in [1.807, 2.05) is 6.08 Å². The number of phosphoric acid groups is 1. The molecule has 1 saturated carbocycles. The van der Waals surface area contributed by atoms with Gasteiger partial charge in [0.2, 0.25) is 5.91 Å². The number of aliphatic hydroxyl groups excluding tert-OH is 6. The molecule has 1 amide bonds. The maximum atomic E-state index is 13.0. The zero-order valence-corrected chi connectivity index (χ0v) is 47.4. The number of unbranched alkanes of at least 4 members (excludes halogenated alkanes) is 42. The lowest BCUT2D eigenvalue weighted by atomic mass is 9.85. The molecule has 1 aliphatic rings. The van der Waals surface area contributed by atoms with Crippen molar-refractivity contribution in [2.24, 2.45) is 0 Å². The number of carbonyl (C=O) groups is 1. The van der Waals surface area contributed by atoms with Crippen molar-refractivity contribution in [3.05, 3.63) is 12.2 Å². The number of hydrogen-bond acceptors (Lipinski definition) is 10. The van der Waals surface area contributed by atoms with Crippen molar-refractivity contribution in [3.63, 3.8) is 0 Å². The number of aliphatic hydroxyl groups is 6. The molecule has 1 aliphatic carbocycles. The zero-order valence-electron chi connectivity index (χ0n) is 46.5. The van der Waals surface area contributed by atoms with Crippen LogP contribution in [0.15, 0.2) is 12.2 Å². The Bertz CT molecular complexity index is 1260. The summed E-state index contributed by atoms with van der Waals surface area (Å²) < 4.78 is 23.0. The van der Waals surface area contributed by atoms with E-state index in [1.54, 1.807) is 6.08 Å². The van der Waals surface area contributed by atoms with Crippen LogP contribution in [0.4, 0.5) is 0 Å². The number of carbonyl (C=O) groups excluding carboxylic acids is 1. The Morgan fingerprint density at radius 2 is 0.736 bits per heavy atom. The molecule has 0 aromatic rings. The van der Waals surface area contributed by atoms with Crippen LogP contribution in [0.1, 0.15) is 303 Å². The first-order valence-electron chi connectivity index (χ1n) is 30.6. The Hall–Kier alpha value is -0.920. The van der Waals surface area contributed by atoms with E-state index in [0.29, 0.717) is 6.42 Å². The molecule has 72 heavy (non-hydrogen) atoms. The number of hydrogen-bond donors (Lipinski definition) is 8. The van der Waals surface area contributed by atoms with Gasteiger partial charge in [-0.1, -0.05) is 289 Å². The number of nitrogens with one attached hydrogen (secondary N) is 1. The van der Waals surface area contributed by atoms with Gasteiger partial charge in [-0.05, 0) is 19.3 Å². The Balaban J connectivity index is 2.22. The molecule has 0 saturated heterocycles. The van der Waals surface area contributed by atoms with Crippen molar-refractivity contribution in [2.75, 3.05) is 6.61 Å². The Morgan fingerprint density at radius 3 is 1.06 bits per heavy atom. The average molecular weight is 1050 g/mol. The third-order valence-corrected chi connectivity index (χ3v) is 16.1. The third-order valence-electron chi connectivity index (χ3n) is 15.1. The van der Waals surface area contributed by atoms with Crippen LogP contribution in [0.3, 0.4) is 0 Å². The molecule has 1 rings (SSSR count). The quantitative estimate of drug-likeness (QED) is 0.0163. The molecule has 428 valence electrons. The average Bonchev–Trinajstić information content (AvgIpc) is 3.37. The molecule has 0 aromatic heterocycles. The summed E-state index contributed by atoms with van der Waals surface area (Å²) in [5, 5.41) is 64.3. The number of rotatable bonds is 53. The standard InChI is InChI=1S/C59H116NO11P/c1-3-5-7-9-11-13-15-17-19-20-21-22-23-24-25-26-27-28-29-30-31-32-33-34-35-37-39-41-43-45-47-49-53(62)60-51(50-70-72(68,69)71-59-57(66)55(64)54(63)56(65)58(59)67)52(61)48-46-44-42-40-38-36-18-16-14-12-10-8-6-4-2/h46,48,51-52,54-59,61,63-67H,3-45,47,49-50H2,1-2H3,(H,60,62)(H,68,69)/b48-46+/t51-,52+,54?,55+,56?,57?,58?,59?/m0/s1. The lowest BCUT2D eigenvalue weighted by molar-refractivity contribution is -0.220. The number of amides is 1. The SMILES string of the molecule is CCCCCCCCCCCCCC/C=C/[C@@H](O)[C@H](COP(=O)(O)OC1C(O)C(O)C(O)[C@@H](O)C1O)NC(=O)CCCCCCCCCCCCCCCCCCCCCCCCCCCCCCCCC. The second-order valence-corrected chi connectivity index (χ2v) is 23.3. The van der Waals surface area contributed by atoms with Gasteiger partial charge >= 0.3 is 7.82 Å². The fourth-order valence-corrected chi connectivity index (χ4v) is 11.1. The summed E-state index contributed by atoms with van der Waals surface area (Å²) in [6.07, 6.45) is 47.4. The molecule has 12 nitrogen and oxygen atoms in total. The molecule has 9 atom stereocenters. The molecular weight excluding hydrogens is 930 g/mol. The van der Waals surface area contributed by atoms with Crippen molar-refractivity contribution in [1.82, 2.24) is 5.32 Å². The normalized spacial score (nSPS) is 21.1. The second-order valence-electron chi connectivity index (χ2n) is 21.9. The van der Waals surface area contributed by atoms with Gasteiger partial charge in [-0.15, -0.1) is 0 Å². The molecule has 0 heterocycles. The molecule has 6 unspecified atom stereocenters. The summed E-state index contributed by atoms with van der Waals surface area (Å²) in [6, 6.07) is -1.11. The predicted molar refractivity (Wildman–Crippen MR) is 297 cm³/mol. The van der Waals surface area contributed by atoms with E-state index in [4.69, 9.17) is 9.05 Å². The van der Waals surface area contributed by atoms with Crippen molar-refractivity contribution < 1.29 is 53.9 Å². The number of phosphoric ester groups is 1. The molecule has 13 heteroatoms. The van der Waals surface area contributed by atoms with Crippen molar-refractivity contribution in [1.29, 1.82) is 0 Å². The Kier molecular flexibility index (Phi) is 46.5. The summed E-state index contributed by atoms with van der Waals surface area (Å²) >= 11 is 0. The Labute approximate surface area is 441 Å². The van der Waals surface area contributed by atoms with Crippen LogP contribution < -0.4 is 5.32 Å². The second kappa shape index (κ2) is 48.5. The van der Waals surface area contributed by atoms with Crippen molar-refractivity contribution in [2.45, 2.75) is 352 Å². The predicted octanol–water partition coefficient (Wildman–Crippen LogP) is 14.3. The largest absolute Gasteiger partial charge is 0.472 e. The van der Waals surface area contributed by atoms with Crippen LogP contribution >= 0.6 is 7.82 Å². The lowest BCUT2D eigenvalue weighted by Crippen LogP contribution is -2.64. The summed E-state index contributed by atoms with van der Waals surface area (Å²) in [6.45, 7) is 3.89. The summed E-state index contributed by atoms with van der Waals surface area (Å²) in [4.78, 5) is 23.5. The van der Waals surface area contributed by atoms with E-state index in [1.165, 1.54) is 231 Å². The topological polar surface area (TPSA) is 206 Å².